The van der Waals surface area contributed by atoms with Crippen molar-refractivity contribution in [2.75, 3.05) is 5.01 Å². The van der Waals surface area contributed by atoms with Crippen LogP contribution in [0.3, 0.4) is 0 Å². The highest BCUT2D eigenvalue weighted by Crippen LogP contribution is 2.25. The Labute approximate surface area is 115 Å². The number of nitrogens with zero attached hydrogens (tertiary/aromatic N) is 2. The van der Waals surface area contributed by atoms with Gasteiger partial charge in [0.2, 0.25) is 5.78 Å². The number of amides is 1. The van der Waals surface area contributed by atoms with Crippen molar-refractivity contribution in [3.63, 3.8) is 0 Å². The Morgan fingerprint density at radius 1 is 1.20 bits per heavy atom. The van der Waals surface area contributed by atoms with E-state index >= 15 is 0 Å². The fraction of sp³-hybridized carbons (Fsp3) is 0.133. The Morgan fingerprint density at radius 3 is 2.60 bits per heavy atom. The lowest BCUT2D eigenvalue weighted by Gasteiger charge is -2.13. The zero-order valence-electron chi connectivity index (χ0n) is 10.8. The SMILES string of the molecule is CC1=NN(c2ccccc2)C(=O)[C@H]1C(=O)c1ccco1. The van der Waals surface area contributed by atoms with E-state index in [1.807, 2.05) is 18.2 Å². The van der Waals surface area contributed by atoms with Crippen LogP contribution in [0.2, 0.25) is 0 Å². The highest BCUT2D eigenvalue weighted by Gasteiger charge is 2.40. The molecule has 0 saturated heterocycles. The number of para-hydroxylation sites is 1. The Bertz CT molecular complexity index is 674. The number of benzene rings is 1. The number of rotatable bonds is 3. The molecular formula is C15H12N2O3. The van der Waals surface area contributed by atoms with E-state index in [0.29, 0.717) is 11.4 Å². The number of carbonyl (C=O) groups is 2. The van der Waals surface area contributed by atoms with Gasteiger partial charge in [0.25, 0.3) is 5.91 Å². The molecule has 2 aromatic rings. The summed E-state index contributed by atoms with van der Waals surface area (Å²) in [6.45, 7) is 1.67. The fourth-order valence-electron chi connectivity index (χ4n) is 2.18. The van der Waals surface area contributed by atoms with E-state index in [4.69, 9.17) is 4.42 Å². The number of anilines is 1. The van der Waals surface area contributed by atoms with Crippen LogP contribution in [0.25, 0.3) is 0 Å². The maximum atomic E-state index is 12.4. The summed E-state index contributed by atoms with van der Waals surface area (Å²) in [5.74, 6) is -1.44. The summed E-state index contributed by atoms with van der Waals surface area (Å²) in [6.07, 6.45) is 1.41. The maximum absolute atomic E-state index is 12.4. The Morgan fingerprint density at radius 2 is 1.95 bits per heavy atom. The smallest absolute Gasteiger partial charge is 0.264 e. The van der Waals surface area contributed by atoms with Gasteiger partial charge in [0.1, 0.15) is 5.92 Å². The lowest BCUT2D eigenvalue weighted by molar-refractivity contribution is -0.118. The fourth-order valence-corrected chi connectivity index (χ4v) is 2.18. The number of carbonyl (C=O) groups excluding carboxylic acids is 2. The summed E-state index contributed by atoms with van der Waals surface area (Å²) < 4.78 is 5.07. The molecule has 0 spiro atoms. The molecule has 0 radical (unpaired) electrons. The van der Waals surface area contributed by atoms with Crippen molar-refractivity contribution in [1.29, 1.82) is 0 Å². The highest BCUT2D eigenvalue weighted by atomic mass is 16.3. The quantitative estimate of drug-likeness (QED) is 0.634. The van der Waals surface area contributed by atoms with E-state index in [-0.39, 0.29) is 17.5 Å². The molecule has 0 fully saturated rings. The van der Waals surface area contributed by atoms with Gasteiger partial charge in [0, 0.05) is 0 Å². The van der Waals surface area contributed by atoms with Crippen molar-refractivity contribution < 1.29 is 14.0 Å². The first kappa shape index (κ1) is 12.3. The zero-order valence-corrected chi connectivity index (χ0v) is 10.8. The molecule has 1 atom stereocenters. The van der Waals surface area contributed by atoms with Gasteiger partial charge >= 0.3 is 0 Å². The topological polar surface area (TPSA) is 62.9 Å². The lowest BCUT2D eigenvalue weighted by atomic mass is 9.97. The number of ketones is 1. The first-order chi connectivity index (χ1) is 9.68. The van der Waals surface area contributed by atoms with Gasteiger partial charge in [-0.25, -0.2) is 0 Å². The third-order valence-corrected chi connectivity index (χ3v) is 3.16. The Hall–Kier alpha value is -2.69. The molecule has 1 aromatic heterocycles. The van der Waals surface area contributed by atoms with Crippen LogP contribution >= 0.6 is 0 Å². The van der Waals surface area contributed by atoms with Crippen LogP contribution in [0.4, 0.5) is 5.69 Å². The Kier molecular flexibility index (Phi) is 2.95. The molecule has 3 rings (SSSR count). The van der Waals surface area contributed by atoms with E-state index < -0.39 is 5.92 Å². The number of furan rings is 1. The van der Waals surface area contributed by atoms with Crippen molar-refractivity contribution in [2.45, 2.75) is 6.92 Å². The standard InChI is InChI=1S/C15H12N2O3/c1-10-13(14(18)12-8-5-9-20-12)15(19)17(16-10)11-6-3-2-4-7-11/h2-9,13H,1H3/t13-/m1/s1. The van der Waals surface area contributed by atoms with Crippen molar-refractivity contribution in [1.82, 2.24) is 0 Å². The summed E-state index contributed by atoms with van der Waals surface area (Å²) in [6, 6.07) is 12.2. The van der Waals surface area contributed by atoms with E-state index in [9.17, 15) is 9.59 Å². The van der Waals surface area contributed by atoms with Gasteiger partial charge < -0.3 is 4.42 Å². The van der Waals surface area contributed by atoms with Crippen molar-refractivity contribution in [3.05, 3.63) is 54.5 Å². The lowest BCUT2D eigenvalue weighted by Crippen LogP contribution is -2.32. The van der Waals surface area contributed by atoms with E-state index in [2.05, 4.69) is 5.10 Å². The molecule has 20 heavy (non-hydrogen) atoms. The van der Waals surface area contributed by atoms with Crippen LogP contribution in [0.5, 0.6) is 0 Å². The molecule has 0 N–H and O–H groups in total. The van der Waals surface area contributed by atoms with Crippen LogP contribution in [0, 0.1) is 5.92 Å². The van der Waals surface area contributed by atoms with E-state index in [1.165, 1.54) is 11.3 Å². The minimum atomic E-state index is -0.902. The number of hydrazone groups is 1. The third-order valence-electron chi connectivity index (χ3n) is 3.16. The summed E-state index contributed by atoms with van der Waals surface area (Å²) in [4.78, 5) is 24.7. The second kappa shape index (κ2) is 4.77. The van der Waals surface area contributed by atoms with Crippen LogP contribution < -0.4 is 5.01 Å². The number of Topliss-reactive ketones (excluding diaryl/α,β-unsaturated/α-hetero) is 1. The molecule has 0 unspecified atom stereocenters. The van der Waals surface area contributed by atoms with Crippen molar-refractivity contribution in [2.24, 2.45) is 11.0 Å². The normalized spacial score (nSPS) is 18.2. The van der Waals surface area contributed by atoms with Gasteiger partial charge in [-0.15, -0.1) is 0 Å². The van der Waals surface area contributed by atoms with Crippen molar-refractivity contribution >= 4 is 23.1 Å². The predicted octanol–water partition coefficient (Wildman–Crippen LogP) is 2.50. The van der Waals surface area contributed by atoms with Crippen LogP contribution in [0.1, 0.15) is 17.5 Å². The number of hydrogen-bond acceptors (Lipinski definition) is 4. The predicted molar refractivity (Wildman–Crippen MR) is 73.6 cm³/mol. The zero-order chi connectivity index (χ0) is 14.1. The minimum absolute atomic E-state index is 0.174. The molecule has 2 heterocycles. The molecule has 0 saturated carbocycles. The van der Waals surface area contributed by atoms with Gasteiger partial charge in [-0.05, 0) is 31.2 Å². The molecule has 0 bridgehead atoms. The van der Waals surface area contributed by atoms with Gasteiger partial charge in [0.15, 0.2) is 5.76 Å². The second-order valence-corrected chi connectivity index (χ2v) is 4.50. The van der Waals surface area contributed by atoms with Gasteiger partial charge in [0.05, 0.1) is 17.7 Å². The Balaban J connectivity index is 1.92. The monoisotopic (exact) mass is 268 g/mol. The molecule has 5 nitrogen and oxygen atoms in total. The van der Waals surface area contributed by atoms with E-state index in [0.717, 1.165) is 0 Å². The third kappa shape index (κ3) is 1.93. The average molecular weight is 268 g/mol. The van der Waals surface area contributed by atoms with Gasteiger partial charge in [-0.1, -0.05) is 18.2 Å². The highest BCUT2D eigenvalue weighted by molar-refractivity contribution is 6.29. The molecule has 1 aromatic carbocycles. The molecular weight excluding hydrogens is 256 g/mol. The molecule has 100 valence electrons. The summed E-state index contributed by atoms with van der Waals surface area (Å²) in [7, 11) is 0. The van der Waals surface area contributed by atoms with Crippen molar-refractivity contribution in [3.8, 4) is 0 Å². The van der Waals surface area contributed by atoms with Crippen LogP contribution in [0.15, 0.2) is 58.2 Å². The molecule has 1 aliphatic heterocycles. The maximum Gasteiger partial charge on any atom is 0.264 e. The number of hydrogen-bond donors (Lipinski definition) is 0. The van der Waals surface area contributed by atoms with Crippen LogP contribution in [-0.4, -0.2) is 17.4 Å². The molecule has 1 amide bonds. The average Bonchev–Trinajstić information content (AvgIpc) is 3.08. The minimum Gasteiger partial charge on any atom is -0.461 e. The second-order valence-electron chi connectivity index (χ2n) is 4.50. The first-order valence-electron chi connectivity index (χ1n) is 6.20. The van der Waals surface area contributed by atoms with Gasteiger partial charge in [-0.3, -0.25) is 9.59 Å². The molecule has 5 heteroatoms. The van der Waals surface area contributed by atoms with E-state index in [1.54, 1.807) is 31.2 Å². The molecule has 1 aliphatic rings. The summed E-state index contributed by atoms with van der Waals surface area (Å²) >= 11 is 0. The first-order valence-corrected chi connectivity index (χ1v) is 6.20. The summed E-state index contributed by atoms with van der Waals surface area (Å²) in [5.41, 5.74) is 1.12. The van der Waals surface area contributed by atoms with Gasteiger partial charge in [-0.2, -0.15) is 10.1 Å². The molecule has 0 aliphatic carbocycles. The largest absolute Gasteiger partial charge is 0.461 e. The summed E-state index contributed by atoms with van der Waals surface area (Å²) in [5, 5.41) is 5.45. The van der Waals surface area contributed by atoms with Crippen LogP contribution in [-0.2, 0) is 4.79 Å².